The maximum Gasteiger partial charge on any atom is 0.330 e. The van der Waals surface area contributed by atoms with Crippen molar-refractivity contribution in [3.8, 4) is 0 Å². The number of amides is 2. The number of nitrogens with one attached hydrogen (secondary N) is 1. The van der Waals surface area contributed by atoms with Crippen LogP contribution in [-0.2, 0) is 25.5 Å². The van der Waals surface area contributed by atoms with Crippen molar-refractivity contribution in [2.75, 3.05) is 17.7 Å². The van der Waals surface area contributed by atoms with E-state index in [0.717, 1.165) is 23.2 Å². The van der Waals surface area contributed by atoms with Gasteiger partial charge in [-0.2, -0.15) is 0 Å². The fraction of sp³-hybridized carbons (Fsp3) is 0.381. The van der Waals surface area contributed by atoms with Gasteiger partial charge in [-0.25, -0.2) is 4.79 Å². The van der Waals surface area contributed by atoms with E-state index >= 15 is 0 Å². The molecule has 0 radical (unpaired) electrons. The molecule has 1 fully saturated rings. The van der Waals surface area contributed by atoms with E-state index < -0.39 is 24.5 Å². The molecule has 1 aromatic carbocycles. The van der Waals surface area contributed by atoms with Crippen LogP contribution < -0.4 is 5.32 Å². The van der Waals surface area contributed by atoms with Crippen molar-refractivity contribution in [1.29, 1.82) is 0 Å². The molecule has 1 saturated heterocycles. The highest BCUT2D eigenvalue weighted by molar-refractivity contribution is 7.99. The molecule has 1 N–H and O–H groups in total. The largest absolute Gasteiger partial charge is 0.466 e. The first-order valence-corrected chi connectivity index (χ1v) is 10.5. The lowest BCUT2D eigenvalue weighted by atomic mass is 10.1. The molecule has 1 aliphatic rings. The quantitative estimate of drug-likeness (QED) is 0.727. The first kappa shape index (κ1) is 21.0. The molecule has 3 rings (SSSR count). The van der Waals surface area contributed by atoms with Gasteiger partial charge in [0, 0.05) is 18.4 Å². The number of benzene rings is 1. The number of carbonyl (C=O) groups is 3. The Bertz CT molecular complexity index is 896. The Morgan fingerprint density at radius 2 is 2.07 bits per heavy atom. The molecule has 7 nitrogen and oxygen atoms in total. The average molecular weight is 416 g/mol. The predicted molar refractivity (Wildman–Crippen MR) is 110 cm³/mol. The van der Waals surface area contributed by atoms with Gasteiger partial charge in [-0.15, -0.1) is 11.8 Å². The number of rotatable bonds is 6. The van der Waals surface area contributed by atoms with Crippen LogP contribution in [0.5, 0.6) is 0 Å². The first-order valence-electron chi connectivity index (χ1n) is 9.41. The van der Waals surface area contributed by atoms with Crippen LogP contribution in [0.3, 0.4) is 0 Å². The number of hydrogen-bond donors (Lipinski definition) is 1. The Hall–Kier alpha value is -2.74. The molecule has 2 atom stereocenters. The van der Waals surface area contributed by atoms with Gasteiger partial charge in [0.05, 0.1) is 6.26 Å². The number of esters is 1. The number of thioether (sulfide) groups is 1. The Labute approximate surface area is 173 Å². The highest BCUT2D eigenvalue weighted by atomic mass is 32.2. The van der Waals surface area contributed by atoms with Crippen molar-refractivity contribution < 1.29 is 23.5 Å². The zero-order chi connectivity index (χ0) is 21.0. The Kier molecular flexibility index (Phi) is 6.64. The number of nitrogens with zero attached hydrogens (tertiary/aromatic N) is 1. The SMILES string of the molecule is CCc1cccc(C)c1NC(=O)COC(=O)[C@H]1CS[C@H](c2ccco2)N1C(C)=O. The minimum Gasteiger partial charge on any atom is -0.466 e. The number of furan rings is 1. The Morgan fingerprint density at radius 1 is 1.28 bits per heavy atom. The van der Waals surface area contributed by atoms with E-state index in [4.69, 9.17) is 9.15 Å². The number of anilines is 1. The van der Waals surface area contributed by atoms with Crippen molar-refractivity contribution in [2.24, 2.45) is 0 Å². The van der Waals surface area contributed by atoms with Crippen LogP contribution in [0.1, 0.15) is 36.1 Å². The van der Waals surface area contributed by atoms with E-state index in [1.54, 1.807) is 12.1 Å². The third kappa shape index (κ3) is 4.64. The highest BCUT2D eigenvalue weighted by Crippen LogP contribution is 2.41. The van der Waals surface area contributed by atoms with Gasteiger partial charge in [-0.1, -0.05) is 25.1 Å². The predicted octanol–water partition coefficient (Wildman–Crippen LogP) is 3.29. The van der Waals surface area contributed by atoms with Gasteiger partial charge < -0.3 is 19.4 Å². The van der Waals surface area contributed by atoms with Gasteiger partial charge in [0.15, 0.2) is 6.61 Å². The minimum absolute atomic E-state index is 0.254. The molecule has 2 heterocycles. The summed E-state index contributed by atoms with van der Waals surface area (Å²) in [5, 5.41) is 2.44. The number of aryl methyl sites for hydroxylation is 2. The third-order valence-electron chi connectivity index (χ3n) is 4.77. The maximum absolute atomic E-state index is 12.6. The van der Waals surface area contributed by atoms with Gasteiger partial charge in [-0.3, -0.25) is 9.59 Å². The van der Waals surface area contributed by atoms with Gasteiger partial charge >= 0.3 is 5.97 Å². The highest BCUT2D eigenvalue weighted by Gasteiger charge is 2.43. The van der Waals surface area contributed by atoms with Gasteiger partial charge in [0.25, 0.3) is 5.91 Å². The summed E-state index contributed by atoms with van der Waals surface area (Å²) in [4.78, 5) is 38.5. The molecule has 2 amide bonds. The molecule has 8 heteroatoms. The van der Waals surface area contributed by atoms with Crippen molar-refractivity contribution in [3.63, 3.8) is 0 Å². The third-order valence-corrected chi connectivity index (χ3v) is 6.06. The summed E-state index contributed by atoms with van der Waals surface area (Å²) in [5.41, 5.74) is 2.71. The number of carbonyl (C=O) groups excluding carboxylic acids is 3. The summed E-state index contributed by atoms with van der Waals surface area (Å²) in [6.07, 6.45) is 2.30. The van der Waals surface area contributed by atoms with Gasteiger partial charge in [-0.05, 0) is 36.6 Å². The Morgan fingerprint density at radius 3 is 2.72 bits per heavy atom. The molecule has 0 bridgehead atoms. The smallest absolute Gasteiger partial charge is 0.330 e. The molecule has 1 aliphatic heterocycles. The van der Waals surface area contributed by atoms with Gasteiger partial charge in [0.1, 0.15) is 17.2 Å². The summed E-state index contributed by atoms with van der Waals surface area (Å²) in [6, 6.07) is 8.54. The lowest BCUT2D eigenvalue weighted by Crippen LogP contribution is -2.43. The van der Waals surface area contributed by atoms with Crippen LogP contribution in [0.25, 0.3) is 0 Å². The van der Waals surface area contributed by atoms with Crippen LogP contribution in [0.4, 0.5) is 5.69 Å². The van der Waals surface area contributed by atoms with E-state index in [1.807, 2.05) is 32.0 Å². The van der Waals surface area contributed by atoms with Crippen LogP contribution in [0, 0.1) is 6.92 Å². The lowest BCUT2D eigenvalue weighted by Gasteiger charge is -2.25. The summed E-state index contributed by atoms with van der Waals surface area (Å²) in [6.45, 7) is 4.91. The lowest BCUT2D eigenvalue weighted by molar-refractivity contribution is -0.155. The zero-order valence-electron chi connectivity index (χ0n) is 16.6. The molecule has 0 unspecified atom stereocenters. The van der Waals surface area contributed by atoms with E-state index in [2.05, 4.69) is 5.32 Å². The molecule has 0 saturated carbocycles. The fourth-order valence-corrected chi connectivity index (χ4v) is 4.75. The van der Waals surface area contributed by atoms with Crippen LogP contribution in [0.2, 0.25) is 0 Å². The molecular weight excluding hydrogens is 392 g/mol. The summed E-state index contributed by atoms with van der Waals surface area (Å²) < 4.78 is 10.6. The topological polar surface area (TPSA) is 88.8 Å². The average Bonchev–Trinajstić information content (AvgIpc) is 3.37. The van der Waals surface area contributed by atoms with Crippen molar-refractivity contribution in [3.05, 3.63) is 53.5 Å². The molecule has 154 valence electrons. The number of ether oxygens (including phenoxy) is 1. The van der Waals surface area contributed by atoms with E-state index in [9.17, 15) is 14.4 Å². The second-order valence-corrected chi connectivity index (χ2v) is 7.87. The van der Waals surface area contributed by atoms with Crippen molar-refractivity contribution in [2.45, 2.75) is 38.6 Å². The first-order chi connectivity index (χ1) is 13.9. The second kappa shape index (κ2) is 9.17. The summed E-state index contributed by atoms with van der Waals surface area (Å²) in [5.74, 6) is -0.286. The molecule has 0 aliphatic carbocycles. The second-order valence-electron chi connectivity index (χ2n) is 6.76. The van der Waals surface area contributed by atoms with E-state index in [1.165, 1.54) is 29.8 Å². The maximum atomic E-state index is 12.6. The summed E-state index contributed by atoms with van der Waals surface area (Å²) >= 11 is 1.43. The van der Waals surface area contributed by atoms with Crippen LogP contribution in [0.15, 0.2) is 41.0 Å². The van der Waals surface area contributed by atoms with Crippen molar-refractivity contribution in [1.82, 2.24) is 4.90 Å². The molecule has 1 aromatic heterocycles. The molecule has 0 spiro atoms. The monoisotopic (exact) mass is 416 g/mol. The van der Waals surface area contributed by atoms with Crippen LogP contribution >= 0.6 is 11.8 Å². The standard InChI is InChI=1S/C21H24N2O5S/c1-4-15-8-5-7-13(2)19(15)22-18(25)11-28-21(26)16-12-29-20(23(16)14(3)24)17-9-6-10-27-17/h5-10,16,20H,4,11-12H2,1-3H3,(H,22,25)/t16-,20-/m1/s1. The van der Waals surface area contributed by atoms with Crippen LogP contribution in [-0.4, -0.2) is 41.1 Å². The molecule has 29 heavy (non-hydrogen) atoms. The zero-order valence-corrected chi connectivity index (χ0v) is 17.5. The number of para-hydroxylation sites is 1. The van der Waals surface area contributed by atoms with E-state index in [-0.39, 0.29) is 11.3 Å². The minimum atomic E-state index is -0.759. The Balaban J connectivity index is 1.62. The fourth-order valence-electron chi connectivity index (χ4n) is 3.33. The molecule has 2 aromatic rings. The van der Waals surface area contributed by atoms with E-state index in [0.29, 0.717) is 11.5 Å². The summed E-state index contributed by atoms with van der Waals surface area (Å²) in [7, 11) is 0. The molecular formula is C21H24N2O5S. The van der Waals surface area contributed by atoms with Gasteiger partial charge in [0.2, 0.25) is 5.91 Å². The number of hydrogen-bond acceptors (Lipinski definition) is 6. The normalized spacial score (nSPS) is 18.5. The van der Waals surface area contributed by atoms with Crippen molar-refractivity contribution >= 4 is 35.2 Å².